The second kappa shape index (κ2) is 10.9. The molecule has 3 nitrogen and oxygen atoms in total. The number of likely N-dealkylation sites (N-methyl/N-ethyl adjacent to an activating group) is 1. The molecule has 0 aromatic heterocycles. The molecule has 0 spiro atoms. The maximum absolute atomic E-state index is 5.26. The minimum absolute atomic E-state index is 0.107. The topological polar surface area (TPSA) is 27.6 Å². The van der Waals surface area contributed by atoms with E-state index in [1.165, 1.54) is 27.9 Å². The first-order valence-corrected chi connectivity index (χ1v) is 13.8. The molecule has 4 unspecified atom stereocenters. The normalized spacial score (nSPS) is 23.2. The Morgan fingerprint density at radius 2 is 1.79 bits per heavy atom. The Balaban J connectivity index is 1.63. The number of fused-ring (bicyclic) bond motifs is 3. The van der Waals surface area contributed by atoms with Crippen molar-refractivity contribution in [3.05, 3.63) is 145 Å². The Bertz CT molecular complexity index is 1450. The van der Waals surface area contributed by atoms with Crippen molar-refractivity contribution in [3.8, 4) is 0 Å². The highest BCUT2D eigenvalue weighted by Crippen LogP contribution is 2.61. The van der Waals surface area contributed by atoms with E-state index >= 15 is 0 Å². The van der Waals surface area contributed by atoms with Crippen molar-refractivity contribution in [2.45, 2.75) is 44.3 Å². The fourth-order valence-electron chi connectivity index (χ4n) is 6.77. The number of aliphatic imine (C=N–C) groups is 1. The van der Waals surface area contributed by atoms with E-state index in [0.29, 0.717) is 0 Å². The van der Waals surface area contributed by atoms with Gasteiger partial charge >= 0.3 is 0 Å². The summed E-state index contributed by atoms with van der Waals surface area (Å²) in [7, 11) is 2.24. The van der Waals surface area contributed by atoms with Gasteiger partial charge in [0.25, 0.3) is 0 Å². The van der Waals surface area contributed by atoms with Gasteiger partial charge in [0.1, 0.15) is 0 Å². The first-order valence-electron chi connectivity index (χ1n) is 13.8. The predicted molar refractivity (Wildman–Crippen MR) is 168 cm³/mol. The molecule has 2 aliphatic rings. The van der Waals surface area contributed by atoms with Crippen LogP contribution in [0.4, 0.5) is 11.4 Å². The molecule has 0 saturated heterocycles. The predicted octanol–water partition coefficient (Wildman–Crippen LogP) is 8.26. The SMILES string of the molecule is C=CC1=NC2C(C=C)C(CC(=C)/C=C\C)(N(C)c3ccccc3NCc3ccccc3)C2c2ccc(C)cc21. The molecule has 3 aromatic rings. The van der Waals surface area contributed by atoms with Crippen molar-refractivity contribution in [2.24, 2.45) is 10.9 Å². The molecule has 1 saturated carbocycles. The van der Waals surface area contributed by atoms with Gasteiger partial charge in [-0.2, -0.15) is 0 Å². The third-order valence-electron chi connectivity index (χ3n) is 8.51. The molecule has 0 amide bonds. The lowest BCUT2D eigenvalue weighted by Gasteiger charge is -2.65. The van der Waals surface area contributed by atoms with Crippen LogP contribution in [0.1, 0.15) is 41.5 Å². The lowest BCUT2D eigenvalue weighted by atomic mass is 9.49. The van der Waals surface area contributed by atoms with Crippen LogP contribution in [-0.4, -0.2) is 24.3 Å². The van der Waals surface area contributed by atoms with Gasteiger partial charge < -0.3 is 10.2 Å². The summed E-state index contributed by atoms with van der Waals surface area (Å²) in [5, 5.41) is 3.71. The number of nitrogens with one attached hydrogen (secondary N) is 1. The summed E-state index contributed by atoms with van der Waals surface area (Å²) in [6.45, 7) is 17.9. The highest BCUT2D eigenvalue weighted by atomic mass is 15.2. The van der Waals surface area contributed by atoms with Crippen LogP contribution in [-0.2, 0) is 6.54 Å². The van der Waals surface area contributed by atoms with Crippen LogP contribution in [0.3, 0.4) is 0 Å². The quantitative estimate of drug-likeness (QED) is 0.218. The number of aryl methyl sites for hydroxylation is 1. The molecular weight excluding hydrogens is 474 g/mol. The smallest absolute Gasteiger partial charge is 0.0683 e. The van der Waals surface area contributed by atoms with Crippen molar-refractivity contribution in [1.82, 2.24) is 0 Å². The van der Waals surface area contributed by atoms with Crippen LogP contribution in [0.5, 0.6) is 0 Å². The zero-order valence-electron chi connectivity index (χ0n) is 23.4. The number of benzene rings is 3. The van der Waals surface area contributed by atoms with Gasteiger partial charge in [0.05, 0.1) is 28.7 Å². The van der Waals surface area contributed by atoms with Gasteiger partial charge in [0, 0.05) is 31.0 Å². The van der Waals surface area contributed by atoms with Gasteiger partial charge in [-0.1, -0.05) is 97.1 Å². The van der Waals surface area contributed by atoms with E-state index in [4.69, 9.17) is 4.99 Å². The van der Waals surface area contributed by atoms with Gasteiger partial charge in [0.2, 0.25) is 0 Å². The number of rotatable bonds is 10. The highest BCUT2D eigenvalue weighted by molar-refractivity contribution is 6.10. The van der Waals surface area contributed by atoms with Crippen LogP contribution in [0.15, 0.2) is 127 Å². The minimum atomic E-state index is -0.284. The molecular formula is C36H39N3. The van der Waals surface area contributed by atoms with Crippen LogP contribution in [0.2, 0.25) is 0 Å². The van der Waals surface area contributed by atoms with Crippen LogP contribution >= 0.6 is 0 Å². The van der Waals surface area contributed by atoms with E-state index in [9.17, 15) is 0 Å². The van der Waals surface area contributed by atoms with E-state index in [2.05, 4.69) is 142 Å². The van der Waals surface area contributed by atoms with Crippen molar-refractivity contribution in [1.29, 1.82) is 0 Å². The van der Waals surface area contributed by atoms with Gasteiger partial charge in [-0.3, -0.25) is 4.99 Å². The third-order valence-corrected chi connectivity index (χ3v) is 8.51. The van der Waals surface area contributed by atoms with E-state index in [-0.39, 0.29) is 23.4 Å². The Kier molecular flexibility index (Phi) is 7.43. The first-order chi connectivity index (χ1) is 18.9. The largest absolute Gasteiger partial charge is 0.379 e. The van der Waals surface area contributed by atoms with Crippen molar-refractivity contribution in [2.75, 3.05) is 17.3 Å². The maximum Gasteiger partial charge on any atom is 0.0683 e. The van der Waals surface area contributed by atoms with Crippen molar-refractivity contribution in [3.63, 3.8) is 0 Å². The Morgan fingerprint density at radius 1 is 1.05 bits per heavy atom. The molecule has 1 heterocycles. The summed E-state index contributed by atoms with van der Waals surface area (Å²) >= 11 is 0. The number of anilines is 2. The molecule has 5 rings (SSSR count). The summed E-state index contributed by atoms with van der Waals surface area (Å²) in [4.78, 5) is 7.75. The molecule has 1 aliphatic heterocycles. The summed E-state index contributed by atoms with van der Waals surface area (Å²) < 4.78 is 0. The molecule has 3 aromatic carbocycles. The Hall–Kier alpha value is -4.11. The Labute approximate surface area is 234 Å². The fraction of sp³-hybridized carbons (Fsp3) is 0.250. The van der Waals surface area contributed by atoms with Gasteiger partial charge in [-0.25, -0.2) is 0 Å². The fourth-order valence-corrected chi connectivity index (χ4v) is 6.77. The number of hydrogen-bond donors (Lipinski definition) is 1. The molecule has 4 atom stereocenters. The van der Waals surface area contributed by atoms with Crippen LogP contribution in [0.25, 0.3) is 0 Å². The van der Waals surface area contributed by atoms with E-state index in [1.54, 1.807) is 0 Å². The Morgan fingerprint density at radius 3 is 2.51 bits per heavy atom. The van der Waals surface area contributed by atoms with Crippen molar-refractivity contribution >= 4 is 17.1 Å². The standard InChI is InChI=1S/C36H39N3/c1-7-15-26(5)23-36(39(6)33-19-14-13-18-32(33)37-24-27-16-11-10-12-17-27)30(8-2)35-34(36)28-21-20-25(4)22-29(28)31(9-3)38-35/h7-22,30,34-35,37H,2-3,5,23-24H2,1,4,6H3/b15-7-. The molecule has 0 radical (unpaired) electrons. The average molecular weight is 514 g/mol. The zero-order valence-corrected chi connectivity index (χ0v) is 23.4. The van der Waals surface area contributed by atoms with Crippen molar-refractivity contribution < 1.29 is 0 Å². The zero-order chi connectivity index (χ0) is 27.6. The molecule has 39 heavy (non-hydrogen) atoms. The monoisotopic (exact) mass is 513 g/mol. The summed E-state index contributed by atoms with van der Waals surface area (Å²) in [5.41, 5.74) is 9.10. The van der Waals surface area contributed by atoms with E-state index in [0.717, 1.165) is 29.9 Å². The molecule has 1 N–H and O–H groups in total. The molecule has 0 bridgehead atoms. The number of hydrogen-bond acceptors (Lipinski definition) is 3. The average Bonchev–Trinajstić information content (AvgIpc) is 2.95. The highest BCUT2D eigenvalue weighted by Gasteiger charge is 2.65. The molecule has 3 heteroatoms. The van der Waals surface area contributed by atoms with Gasteiger partial charge in [-0.15, -0.1) is 6.58 Å². The lowest BCUT2D eigenvalue weighted by molar-refractivity contribution is 0.0857. The first kappa shape index (κ1) is 26.5. The van der Waals surface area contributed by atoms with Crippen LogP contribution < -0.4 is 10.2 Å². The lowest BCUT2D eigenvalue weighted by Crippen LogP contribution is -2.71. The summed E-state index contributed by atoms with van der Waals surface area (Å²) in [5.74, 6) is 0.329. The second-order valence-electron chi connectivity index (χ2n) is 10.8. The van der Waals surface area contributed by atoms with Gasteiger partial charge in [-0.05, 0) is 55.7 Å². The second-order valence-corrected chi connectivity index (χ2v) is 10.8. The number of allylic oxidation sites excluding steroid dienone is 3. The minimum Gasteiger partial charge on any atom is -0.379 e. The molecule has 1 fully saturated rings. The van der Waals surface area contributed by atoms with Crippen LogP contribution in [0, 0.1) is 12.8 Å². The summed E-state index contributed by atoms with van der Waals surface area (Å²) in [6.07, 6.45) is 9.05. The third kappa shape index (κ3) is 4.57. The number of nitrogens with zero attached hydrogens (tertiary/aromatic N) is 2. The molecule has 1 aliphatic carbocycles. The number of para-hydroxylation sites is 2. The maximum atomic E-state index is 5.26. The summed E-state index contributed by atoms with van der Waals surface area (Å²) in [6, 6.07) is 26.1. The van der Waals surface area contributed by atoms with E-state index in [1.807, 2.05) is 6.08 Å². The molecule has 198 valence electrons. The van der Waals surface area contributed by atoms with E-state index < -0.39 is 0 Å². The van der Waals surface area contributed by atoms with Gasteiger partial charge in [0.15, 0.2) is 0 Å².